The van der Waals surface area contributed by atoms with Crippen LogP contribution in [-0.4, -0.2) is 46.9 Å². The van der Waals surface area contributed by atoms with E-state index in [-0.39, 0.29) is 23.9 Å². The van der Waals surface area contributed by atoms with Gasteiger partial charge in [-0.1, -0.05) is 44.6 Å². The number of pyridine rings is 1. The van der Waals surface area contributed by atoms with Gasteiger partial charge in [-0.3, -0.25) is 14.5 Å². The van der Waals surface area contributed by atoms with Crippen LogP contribution in [0, 0.1) is 17.8 Å². The number of aromatic nitrogens is 1. The molecular weight excluding hydrogens is 414 g/mol. The van der Waals surface area contributed by atoms with E-state index in [0.717, 1.165) is 24.3 Å². The molecule has 2 amide bonds. The van der Waals surface area contributed by atoms with Gasteiger partial charge in [0.25, 0.3) is 0 Å². The van der Waals surface area contributed by atoms with Gasteiger partial charge in [0.2, 0.25) is 11.8 Å². The Morgan fingerprint density at radius 3 is 2.52 bits per heavy atom. The summed E-state index contributed by atoms with van der Waals surface area (Å²) in [6.07, 6.45) is 11.3. The van der Waals surface area contributed by atoms with Crippen molar-refractivity contribution in [3.63, 3.8) is 0 Å². The van der Waals surface area contributed by atoms with Crippen LogP contribution in [0.25, 0.3) is 0 Å². The highest BCUT2D eigenvalue weighted by Crippen LogP contribution is 2.45. The van der Waals surface area contributed by atoms with Gasteiger partial charge in [-0.25, -0.2) is 4.98 Å². The van der Waals surface area contributed by atoms with Crippen molar-refractivity contribution in [2.24, 2.45) is 17.8 Å². The van der Waals surface area contributed by atoms with Crippen molar-refractivity contribution in [1.82, 2.24) is 20.5 Å². The molecule has 1 aromatic rings. The first-order valence-electron chi connectivity index (χ1n) is 12.8. The second-order valence-corrected chi connectivity index (χ2v) is 10.4. The zero-order valence-electron chi connectivity index (χ0n) is 20.8. The molecule has 0 aliphatic heterocycles. The fraction of sp³-hybridized carbons (Fsp3) is 0.731. The first kappa shape index (κ1) is 25.5. The smallest absolute Gasteiger partial charge is 0.242 e. The van der Waals surface area contributed by atoms with Crippen LogP contribution in [0.15, 0.2) is 18.3 Å². The number of fused-ring (bicyclic) bond motifs is 1. The van der Waals surface area contributed by atoms with E-state index in [1.807, 2.05) is 24.9 Å². The van der Waals surface area contributed by atoms with Crippen LogP contribution >= 0.6 is 0 Å². The summed E-state index contributed by atoms with van der Waals surface area (Å²) in [5, 5.41) is 6.14. The van der Waals surface area contributed by atoms with Gasteiger partial charge in [0, 0.05) is 18.8 Å². The number of nitrogens with zero attached hydrogens (tertiary/aromatic N) is 2. The van der Waals surface area contributed by atoms with Gasteiger partial charge in [0.1, 0.15) is 11.9 Å². The summed E-state index contributed by atoms with van der Waals surface area (Å²) >= 11 is 0. The minimum Gasteiger partial charge on any atom is -0.384 e. The van der Waals surface area contributed by atoms with E-state index in [1.165, 1.54) is 38.5 Å². The lowest BCUT2D eigenvalue weighted by atomic mass is 9.64. The summed E-state index contributed by atoms with van der Waals surface area (Å²) < 4.78 is 0. The van der Waals surface area contributed by atoms with Crippen LogP contribution in [0.4, 0.5) is 5.82 Å². The van der Waals surface area contributed by atoms with Crippen LogP contribution in [0.3, 0.4) is 0 Å². The maximum Gasteiger partial charge on any atom is 0.242 e. The molecule has 2 aliphatic carbocycles. The summed E-state index contributed by atoms with van der Waals surface area (Å²) in [4.78, 5) is 32.5. The molecule has 3 unspecified atom stereocenters. The van der Waals surface area contributed by atoms with Crippen molar-refractivity contribution in [3.8, 4) is 0 Å². The van der Waals surface area contributed by atoms with Crippen LogP contribution < -0.4 is 16.4 Å². The summed E-state index contributed by atoms with van der Waals surface area (Å²) in [7, 11) is 1.95. The number of anilines is 1. The number of amides is 2. The highest BCUT2D eigenvalue weighted by molar-refractivity contribution is 5.89. The number of nitrogens with one attached hydrogen (secondary N) is 2. The van der Waals surface area contributed by atoms with Crippen molar-refractivity contribution >= 4 is 17.6 Å². The van der Waals surface area contributed by atoms with E-state index >= 15 is 0 Å². The number of carbonyl (C=O) groups is 2. The fourth-order valence-corrected chi connectivity index (χ4v) is 5.68. The maximum atomic E-state index is 13.3. The number of nitrogens with two attached hydrogens (primary N) is 1. The van der Waals surface area contributed by atoms with Gasteiger partial charge in [-0.2, -0.15) is 0 Å². The van der Waals surface area contributed by atoms with Gasteiger partial charge >= 0.3 is 0 Å². The van der Waals surface area contributed by atoms with Gasteiger partial charge in [0.15, 0.2) is 0 Å². The zero-order valence-corrected chi connectivity index (χ0v) is 20.8. The molecule has 7 heteroatoms. The molecule has 0 spiro atoms. The predicted octanol–water partition coefficient (Wildman–Crippen LogP) is 3.49. The molecule has 0 radical (unpaired) electrons. The second-order valence-electron chi connectivity index (χ2n) is 10.4. The molecular formula is C26H43N5O2. The molecule has 1 aromatic heterocycles. The molecule has 1 heterocycles. The highest BCUT2D eigenvalue weighted by atomic mass is 16.2. The van der Waals surface area contributed by atoms with E-state index in [1.54, 1.807) is 12.3 Å². The predicted molar refractivity (Wildman–Crippen MR) is 132 cm³/mol. The van der Waals surface area contributed by atoms with Crippen molar-refractivity contribution < 1.29 is 9.59 Å². The second kappa shape index (κ2) is 11.8. The molecule has 2 fully saturated rings. The largest absolute Gasteiger partial charge is 0.384 e. The normalized spacial score (nSPS) is 24.7. The molecule has 0 saturated heterocycles. The molecule has 33 heavy (non-hydrogen) atoms. The van der Waals surface area contributed by atoms with Crippen LogP contribution in [-0.2, 0) is 16.1 Å². The monoisotopic (exact) mass is 457 g/mol. The van der Waals surface area contributed by atoms with Gasteiger partial charge < -0.3 is 16.4 Å². The molecule has 0 bridgehead atoms. The topological polar surface area (TPSA) is 100 Å². The first-order chi connectivity index (χ1) is 15.8. The van der Waals surface area contributed by atoms with Gasteiger partial charge in [-0.15, -0.1) is 0 Å². The zero-order chi connectivity index (χ0) is 24.0. The minimum absolute atomic E-state index is 0.0866. The van der Waals surface area contributed by atoms with Gasteiger partial charge in [0.05, 0.1) is 6.04 Å². The van der Waals surface area contributed by atoms with Crippen molar-refractivity contribution in [3.05, 3.63) is 23.9 Å². The molecule has 0 aromatic carbocycles. The Bertz CT molecular complexity index is 779. The SMILES string of the molecule is CC(C)N(C)[C@@H](C)C(=O)N[C@@H](CC1CCCC2CCCCC21)C(=O)NCc1ccc(N)nc1. The summed E-state index contributed by atoms with van der Waals surface area (Å²) in [6, 6.07) is 3.03. The fourth-order valence-electron chi connectivity index (χ4n) is 5.68. The van der Waals surface area contributed by atoms with Crippen molar-refractivity contribution in [2.45, 2.75) is 96.8 Å². The third-order valence-corrected chi connectivity index (χ3v) is 8.01. The van der Waals surface area contributed by atoms with Crippen LogP contribution in [0.1, 0.15) is 77.7 Å². The van der Waals surface area contributed by atoms with Crippen LogP contribution in [0.5, 0.6) is 0 Å². The van der Waals surface area contributed by atoms with Crippen molar-refractivity contribution in [2.75, 3.05) is 12.8 Å². The number of likely N-dealkylation sites (N-methyl/N-ethyl adjacent to an activating group) is 1. The molecule has 2 aliphatic rings. The number of nitrogen functional groups attached to an aromatic ring is 1. The first-order valence-corrected chi connectivity index (χ1v) is 12.8. The average Bonchev–Trinajstić information content (AvgIpc) is 2.82. The minimum atomic E-state index is -0.520. The molecule has 7 nitrogen and oxygen atoms in total. The number of carbonyl (C=O) groups excluding carboxylic acids is 2. The lowest BCUT2D eigenvalue weighted by Gasteiger charge is -2.42. The molecule has 3 rings (SSSR count). The Balaban J connectivity index is 1.69. The van der Waals surface area contributed by atoms with E-state index in [9.17, 15) is 9.59 Å². The molecule has 2 saturated carbocycles. The molecule has 4 N–H and O–H groups in total. The Labute approximate surface area is 199 Å². The lowest BCUT2D eigenvalue weighted by Crippen LogP contribution is -2.54. The number of rotatable bonds is 9. The van der Waals surface area contributed by atoms with E-state index in [0.29, 0.717) is 24.2 Å². The van der Waals surface area contributed by atoms with E-state index < -0.39 is 6.04 Å². The standard InChI is InChI=1S/C26H43N5O2/c1-17(2)31(4)18(3)25(32)30-23(26(33)29-16-19-12-13-24(27)28-15-19)14-21-10-7-9-20-8-5-6-11-22(20)21/h12-13,15,17-18,20-23H,5-11,14,16H2,1-4H3,(H2,27,28)(H,29,33)(H,30,32)/t18-,20?,21?,22?,23-/m0/s1. The maximum absolute atomic E-state index is 13.3. The summed E-state index contributed by atoms with van der Waals surface area (Å²) in [5.41, 5.74) is 6.56. The van der Waals surface area contributed by atoms with E-state index in [4.69, 9.17) is 5.73 Å². The van der Waals surface area contributed by atoms with Gasteiger partial charge in [-0.05, 0) is 70.0 Å². The average molecular weight is 458 g/mol. The number of hydrogen-bond donors (Lipinski definition) is 3. The summed E-state index contributed by atoms with van der Waals surface area (Å²) in [6.45, 7) is 6.42. The Morgan fingerprint density at radius 1 is 1.09 bits per heavy atom. The third-order valence-electron chi connectivity index (χ3n) is 8.01. The third kappa shape index (κ3) is 6.92. The molecule has 5 atom stereocenters. The van der Waals surface area contributed by atoms with E-state index in [2.05, 4.69) is 29.5 Å². The van der Waals surface area contributed by atoms with Crippen molar-refractivity contribution in [1.29, 1.82) is 0 Å². The number of hydrogen-bond acceptors (Lipinski definition) is 5. The Morgan fingerprint density at radius 2 is 1.82 bits per heavy atom. The van der Waals surface area contributed by atoms with Crippen LogP contribution in [0.2, 0.25) is 0 Å². The Kier molecular flexibility index (Phi) is 9.12. The summed E-state index contributed by atoms with van der Waals surface area (Å²) in [5.74, 6) is 2.24. The molecule has 184 valence electrons. The Hall–Kier alpha value is -2.15. The quantitative estimate of drug-likeness (QED) is 0.527. The lowest BCUT2D eigenvalue weighted by molar-refractivity contribution is -0.132. The highest BCUT2D eigenvalue weighted by Gasteiger charge is 2.37.